The number of amides is 1. The number of ether oxygens (including phenoxy) is 1. The smallest absolute Gasteiger partial charge is 0.306 e. The second kappa shape index (κ2) is 11.4. The molecule has 0 saturated heterocycles. The van der Waals surface area contributed by atoms with Crippen molar-refractivity contribution in [2.24, 2.45) is 5.92 Å². The molecule has 0 atom stereocenters. The van der Waals surface area contributed by atoms with E-state index in [0.29, 0.717) is 60.5 Å². The standard InChI is InChI=1S/C28H28ClNO5/c29-25-17-23(35-22-11-9-19(10-12-22)28(33)34)13-14-24(25)26(31)6-3-15-30-27(32)21-8-7-18-4-1-2-5-20(18)16-21/h1-2,4-5,7-8,13-14,16-17,19,22H,3,6,9-12,15H2,(H,30,32)(H,33,34). The number of fused-ring (bicyclic) bond motifs is 1. The van der Waals surface area contributed by atoms with Crippen LogP contribution in [0.25, 0.3) is 10.8 Å². The molecule has 0 spiro atoms. The minimum absolute atomic E-state index is 0.0468. The molecule has 35 heavy (non-hydrogen) atoms. The van der Waals surface area contributed by atoms with Crippen molar-refractivity contribution < 1.29 is 24.2 Å². The van der Waals surface area contributed by atoms with Crippen molar-refractivity contribution in [3.05, 3.63) is 76.8 Å². The summed E-state index contributed by atoms with van der Waals surface area (Å²) >= 11 is 6.35. The van der Waals surface area contributed by atoms with E-state index in [4.69, 9.17) is 21.4 Å². The summed E-state index contributed by atoms with van der Waals surface area (Å²) in [6.45, 7) is 0.384. The highest BCUT2D eigenvalue weighted by Gasteiger charge is 2.27. The first-order valence-corrected chi connectivity index (χ1v) is 12.3. The zero-order chi connectivity index (χ0) is 24.8. The number of carboxylic acid groups (broad SMARTS) is 1. The number of carboxylic acids is 1. The number of aliphatic carboxylic acids is 1. The maximum Gasteiger partial charge on any atom is 0.306 e. The fourth-order valence-electron chi connectivity index (χ4n) is 4.43. The Morgan fingerprint density at radius 2 is 1.69 bits per heavy atom. The fraction of sp³-hybridized carbons (Fsp3) is 0.321. The molecule has 182 valence electrons. The normalized spacial score (nSPS) is 17.6. The van der Waals surface area contributed by atoms with Crippen molar-refractivity contribution in [1.82, 2.24) is 5.32 Å². The van der Waals surface area contributed by atoms with Gasteiger partial charge >= 0.3 is 5.97 Å². The van der Waals surface area contributed by atoms with Gasteiger partial charge < -0.3 is 15.2 Å². The lowest BCUT2D eigenvalue weighted by molar-refractivity contribution is -0.143. The molecule has 4 rings (SSSR count). The molecule has 0 radical (unpaired) electrons. The third-order valence-electron chi connectivity index (χ3n) is 6.44. The van der Waals surface area contributed by atoms with Crippen LogP contribution in [0.15, 0.2) is 60.7 Å². The van der Waals surface area contributed by atoms with Crippen LogP contribution in [0.3, 0.4) is 0 Å². The highest BCUT2D eigenvalue weighted by molar-refractivity contribution is 6.34. The van der Waals surface area contributed by atoms with Gasteiger partial charge in [0.25, 0.3) is 5.91 Å². The number of hydrogen-bond acceptors (Lipinski definition) is 4. The Morgan fingerprint density at radius 1 is 0.943 bits per heavy atom. The minimum Gasteiger partial charge on any atom is -0.490 e. The van der Waals surface area contributed by atoms with E-state index in [2.05, 4.69) is 5.32 Å². The first-order valence-electron chi connectivity index (χ1n) is 11.9. The molecule has 1 fully saturated rings. The Kier molecular flexibility index (Phi) is 8.03. The number of halogens is 1. The summed E-state index contributed by atoms with van der Waals surface area (Å²) < 4.78 is 5.96. The van der Waals surface area contributed by atoms with Gasteiger partial charge in [0.2, 0.25) is 0 Å². The van der Waals surface area contributed by atoms with Crippen LogP contribution in [-0.4, -0.2) is 35.4 Å². The number of carbonyl (C=O) groups excluding carboxylic acids is 2. The molecular formula is C28H28ClNO5. The average Bonchev–Trinajstić information content (AvgIpc) is 2.86. The lowest BCUT2D eigenvalue weighted by Crippen LogP contribution is -2.27. The molecule has 3 aromatic rings. The van der Waals surface area contributed by atoms with E-state index in [1.807, 2.05) is 36.4 Å². The summed E-state index contributed by atoms with van der Waals surface area (Å²) in [6.07, 6.45) is 3.27. The van der Waals surface area contributed by atoms with Gasteiger partial charge in [0.15, 0.2) is 5.78 Å². The minimum atomic E-state index is -0.748. The molecule has 2 N–H and O–H groups in total. The maximum atomic E-state index is 12.6. The monoisotopic (exact) mass is 493 g/mol. The molecule has 1 aliphatic rings. The molecule has 1 saturated carbocycles. The predicted octanol–water partition coefficient (Wildman–Crippen LogP) is 5.91. The van der Waals surface area contributed by atoms with E-state index >= 15 is 0 Å². The Hall–Kier alpha value is -3.38. The first-order chi connectivity index (χ1) is 16.9. The zero-order valence-corrected chi connectivity index (χ0v) is 20.1. The topological polar surface area (TPSA) is 92.7 Å². The van der Waals surface area contributed by atoms with Crippen LogP contribution >= 0.6 is 11.6 Å². The number of carbonyl (C=O) groups is 3. The predicted molar refractivity (Wildman–Crippen MR) is 135 cm³/mol. The van der Waals surface area contributed by atoms with Crippen molar-refractivity contribution in [3.63, 3.8) is 0 Å². The van der Waals surface area contributed by atoms with Gasteiger partial charge in [-0.3, -0.25) is 14.4 Å². The van der Waals surface area contributed by atoms with Crippen molar-refractivity contribution in [1.29, 1.82) is 0 Å². The molecule has 1 amide bonds. The van der Waals surface area contributed by atoms with Gasteiger partial charge in [0.1, 0.15) is 5.75 Å². The van der Waals surface area contributed by atoms with E-state index < -0.39 is 5.97 Å². The van der Waals surface area contributed by atoms with Gasteiger partial charge in [0, 0.05) is 24.1 Å². The molecule has 1 aliphatic carbocycles. The molecular weight excluding hydrogens is 466 g/mol. The third-order valence-corrected chi connectivity index (χ3v) is 6.76. The van der Waals surface area contributed by atoms with Crippen LogP contribution in [0.1, 0.15) is 59.2 Å². The number of nitrogens with one attached hydrogen (secondary N) is 1. The van der Waals surface area contributed by atoms with Gasteiger partial charge in [0.05, 0.1) is 17.0 Å². The Bertz CT molecular complexity index is 1230. The molecule has 0 aromatic heterocycles. The molecule has 0 bridgehead atoms. The molecule has 7 heteroatoms. The molecule has 0 aliphatic heterocycles. The number of hydrogen-bond donors (Lipinski definition) is 2. The maximum absolute atomic E-state index is 12.6. The second-order valence-corrected chi connectivity index (χ2v) is 9.32. The van der Waals surface area contributed by atoms with Gasteiger partial charge in [-0.05, 0) is 73.2 Å². The lowest BCUT2D eigenvalue weighted by Gasteiger charge is -2.26. The van der Waals surface area contributed by atoms with Crippen molar-refractivity contribution >= 4 is 40.0 Å². The van der Waals surface area contributed by atoms with Crippen LogP contribution in [-0.2, 0) is 4.79 Å². The first kappa shape index (κ1) is 24.7. The van der Waals surface area contributed by atoms with Crippen LogP contribution in [0.5, 0.6) is 5.75 Å². The number of Topliss-reactive ketones (excluding diaryl/α,β-unsaturated/α-hetero) is 1. The number of benzene rings is 3. The number of ketones is 1. The molecule has 0 heterocycles. The summed E-state index contributed by atoms with van der Waals surface area (Å²) in [5.41, 5.74) is 1.01. The van der Waals surface area contributed by atoms with E-state index in [1.54, 1.807) is 24.3 Å². The van der Waals surface area contributed by atoms with Crippen LogP contribution < -0.4 is 10.1 Å². The Morgan fingerprint density at radius 3 is 2.40 bits per heavy atom. The van der Waals surface area contributed by atoms with E-state index in [1.165, 1.54) is 0 Å². The second-order valence-electron chi connectivity index (χ2n) is 8.92. The van der Waals surface area contributed by atoms with Crippen molar-refractivity contribution in [2.75, 3.05) is 6.54 Å². The molecule has 0 unspecified atom stereocenters. The van der Waals surface area contributed by atoms with E-state index in [0.717, 1.165) is 10.8 Å². The lowest BCUT2D eigenvalue weighted by atomic mass is 9.87. The van der Waals surface area contributed by atoms with Crippen LogP contribution in [0.4, 0.5) is 0 Å². The Labute approximate surface area is 209 Å². The SMILES string of the molecule is O=C(NCCCC(=O)c1ccc(OC2CCC(C(=O)O)CC2)cc1Cl)c1ccc2ccccc2c1. The van der Waals surface area contributed by atoms with E-state index in [9.17, 15) is 14.4 Å². The van der Waals surface area contributed by atoms with Gasteiger partial charge in [-0.25, -0.2) is 0 Å². The summed E-state index contributed by atoms with van der Waals surface area (Å²) in [5, 5.41) is 14.4. The van der Waals surface area contributed by atoms with Crippen LogP contribution in [0.2, 0.25) is 5.02 Å². The summed E-state index contributed by atoms with van der Waals surface area (Å²) in [7, 11) is 0. The highest BCUT2D eigenvalue weighted by Crippen LogP contribution is 2.30. The van der Waals surface area contributed by atoms with E-state index in [-0.39, 0.29) is 30.1 Å². The van der Waals surface area contributed by atoms with Crippen molar-refractivity contribution in [2.45, 2.75) is 44.6 Å². The summed E-state index contributed by atoms with van der Waals surface area (Å²) in [4.78, 5) is 36.2. The van der Waals surface area contributed by atoms with Gasteiger partial charge in [-0.1, -0.05) is 41.9 Å². The fourth-order valence-corrected chi connectivity index (χ4v) is 4.71. The summed E-state index contributed by atoms with van der Waals surface area (Å²) in [5.74, 6) is -0.727. The molecule has 6 nitrogen and oxygen atoms in total. The quantitative estimate of drug-likeness (QED) is 0.285. The van der Waals surface area contributed by atoms with Gasteiger partial charge in [-0.2, -0.15) is 0 Å². The van der Waals surface area contributed by atoms with Gasteiger partial charge in [-0.15, -0.1) is 0 Å². The average molecular weight is 494 g/mol. The van der Waals surface area contributed by atoms with Crippen LogP contribution in [0, 0.1) is 5.92 Å². The third kappa shape index (κ3) is 6.40. The number of rotatable bonds is 9. The molecule has 3 aromatic carbocycles. The van der Waals surface area contributed by atoms with Crippen molar-refractivity contribution in [3.8, 4) is 5.75 Å². The zero-order valence-electron chi connectivity index (χ0n) is 19.3. The Balaban J connectivity index is 1.23. The largest absolute Gasteiger partial charge is 0.490 e. The highest BCUT2D eigenvalue weighted by atomic mass is 35.5. The summed E-state index contributed by atoms with van der Waals surface area (Å²) in [6, 6.07) is 18.5.